The number of aromatic nitrogens is 2. The van der Waals surface area contributed by atoms with Crippen LogP contribution in [0.5, 0.6) is 0 Å². The second-order valence-corrected chi connectivity index (χ2v) is 4.43. The first-order valence-electron chi connectivity index (χ1n) is 6.04. The van der Waals surface area contributed by atoms with Crippen LogP contribution in [-0.4, -0.2) is 40.3 Å². The molecular weight excluding hydrogens is 234 g/mol. The monoisotopic (exact) mass is 251 g/mol. The molecule has 0 spiro atoms. The second kappa shape index (κ2) is 5.77. The summed E-state index contributed by atoms with van der Waals surface area (Å²) < 4.78 is 4.59. The van der Waals surface area contributed by atoms with Gasteiger partial charge in [0.2, 0.25) is 0 Å². The van der Waals surface area contributed by atoms with Crippen LogP contribution in [0.1, 0.15) is 36.2 Å². The van der Waals surface area contributed by atoms with E-state index in [0.29, 0.717) is 5.82 Å². The summed E-state index contributed by atoms with van der Waals surface area (Å²) in [4.78, 5) is 19.4. The minimum atomic E-state index is -0.495. The minimum absolute atomic E-state index is 0.185. The van der Waals surface area contributed by atoms with E-state index in [1.165, 1.54) is 13.3 Å². The average Bonchev–Trinajstić information content (AvgIpc) is 2.41. The zero-order valence-corrected chi connectivity index (χ0v) is 10.3. The average molecular weight is 251 g/mol. The van der Waals surface area contributed by atoms with Gasteiger partial charge in [0, 0.05) is 6.04 Å². The lowest BCUT2D eigenvalue weighted by atomic mass is 9.93. The second-order valence-electron chi connectivity index (χ2n) is 4.43. The van der Waals surface area contributed by atoms with Crippen molar-refractivity contribution in [3.63, 3.8) is 0 Å². The van der Waals surface area contributed by atoms with Crippen LogP contribution in [0.3, 0.4) is 0 Å². The summed E-state index contributed by atoms with van der Waals surface area (Å²) in [6.07, 6.45) is 6.15. The standard InChI is InChI=1S/C12H17N3O3/c1-18-12(17)10-6-13-7-11(15-10)14-8-2-4-9(16)5-3-8/h6-9,16H,2-5H2,1H3,(H,14,15). The largest absolute Gasteiger partial charge is 0.464 e. The maximum Gasteiger partial charge on any atom is 0.358 e. The van der Waals surface area contributed by atoms with Crippen molar-refractivity contribution in [2.45, 2.75) is 37.8 Å². The fourth-order valence-electron chi connectivity index (χ4n) is 2.07. The molecule has 1 aromatic rings. The maximum absolute atomic E-state index is 11.3. The number of carbonyl (C=O) groups is 1. The van der Waals surface area contributed by atoms with Crippen molar-refractivity contribution in [3.8, 4) is 0 Å². The van der Waals surface area contributed by atoms with Gasteiger partial charge in [-0.1, -0.05) is 0 Å². The zero-order valence-electron chi connectivity index (χ0n) is 10.3. The number of ether oxygens (including phenoxy) is 1. The molecule has 0 aromatic carbocycles. The number of methoxy groups -OCH3 is 1. The topological polar surface area (TPSA) is 84.3 Å². The molecule has 0 bridgehead atoms. The van der Waals surface area contributed by atoms with Crippen molar-refractivity contribution in [1.82, 2.24) is 9.97 Å². The third kappa shape index (κ3) is 3.16. The van der Waals surface area contributed by atoms with Crippen molar-refractivity contribution < 1.29 is 14.6 Å². The molecule has 2 N–H and O–H groups in total. The predicted octanol–water partition coefficient (Wildman–Crippen LogP) is 0.979. The Balaban J connectivity index is 1.99. The SMILES string of the molecule is COC(=O)c1cncc(NC2CCC(O)CC2)n1. The molecule has 2 rings (SSSR count). The Kier molecular flexibility index (Phi) is 4.09. The van der Waals surface area contributed by atoms with Crippen LogP contribution in [0.2, 0.25) is 0 Å². The van der Waals surface area contributed by atoms with E-state index in [1.807, 2.05) is 0 Å². The van der Waals surface area contributed by atoms with Gasteiger partial charge in [0.1, 0.15) is 5.82 Å². The third-order valence-corrected chi connectivity index (χ3v) is 3.08. The van der Waals surface area contributed by atoms with Gasteiger partial charge in [-0.2, -0.15) is 0 Å². The van der Waals surface area contributed by atoms with Crippen molar-refractivity contribution >= 4 is 11.8 Å². The van der Waals surface area contributed by atoms with Gasteiger partial charge in [0.25, 0.3) is 0 Å². The Labute approximate surface area is 105 Å². The van der Waals surface area contributed by atoms with E-state index in [0.717, 1.165) is 25.7 Å². The quantitative estimate of drug-likeness (QED) is 0.779. The van der Waals surface area contributed by atoms with Gasteiger partial charge in [0.15, 0.2) is 5.69 Å². The van der Waals surface area contributed by atoms with Crippen LogP contribution in [0, 0.1) is 0 Å². The zero-order chi connectivity index (χ0) is 13.0. The molecule has 1 aliphatic rings. The lowest BCUT2D eigenvalue weighted by Crippen LogP contribution is -2.28. The molecule has 6 nitrogen and oxygen atoms in total. The molecule has 6 heteroatoms. The fraction of sp³-hybridized carbons (Fsp3) is 0.583. The molecule has 0 atom stereocenters. The van der Waals surface area contributed by atoms with Crippen molar-refractivity contribution in [2.75, 3.05) is 12.4 Å². The van der Waals surface area contributed by atoms with Crippen molar-refractivity contribution in [2.24, 2.45) is 0 Å². The number of nitrogens with zero attached hydrogens (tertiary/aromatic N) is 2. The van der Waals surface area contributed by atoms with E-state index in [1.54, 1.807) is 6.20 Å². The first-order valence-corrected chi connectivity index (χ1v) is 6.04. The van der Waals surface area contributed by atoms with Gasteiger partial charge in [-0.3, -0.25) is 4.98 Å². The Bertz CT molecular complexity index is 417. The summed E-state index contributed by atoms with van der Waals surface area (Å²) in [5, 5.41) is 12.7. The first-order chi connectivity index (χ1) is 8.69. The smallest absolute Gasteiger partial charge is 0.358 e. The molecule has 18 heavy (non-hydrogen) atoms. The van der Waals surface area contributed by atoms with Gasteiger partial charge in [-0.15, -0.1) is 0 Å². The Morgan fingerprint density at radius 1 is 1.39 bits per heavy atom. The van der Waals surface area contributed by atoms with Gasteiger partial charge in [-0.05, 0) is 25.7 Å². The number of aliphatic hydroxyl groups is 1. The number of hydrogen-bond acceptors (Lipinski definition) is 6. The lowest BCUT2D eigenvalue weighted by Gasteiger charge is -2.26. The number of anilines is 1. The van der Waals surface area contributed by atoms with Gasteiger partial charge >= 0.3 is 5.97 Å². The summed E-state index contributed by atoms with van der Waals surface area (Å²) >= 11 is 0. The van der Waals surface area contributed by atoms with Crippen LogP contribution in [0.25, 0.3) is 0 Å². The van der Waals surface area contributed by atoms with E-state index in [-0.39, 0.29) is 17.8 Å². The summed E-state index contributed by atoms with van der Waals surface area (Å²) in [6, 6.07) is 0.274. The molecule has 1 saturated carbocycles. The highest BCUT2D eigenvalue weighted by molar-refractivity contribution is 5.87. The molecular formula is C12H17N3O3. The fourth-order valence-corrected chi connectivity index (χ4v) is 2.07. The summed E-state index contributed by atoms with van der Waals surface area (Å²) in [6.45, 7) is 0. The number of esters is 1. The highest BCUT2D eigenvalue weighted by atomic mass is 16.5. The molecule has 0 unspecified atom stereocenters. The predicted molar refractivity (Wildman–Crippen MR) is 65.3 cm³/mol. The molecule has 1 fully saturated rings. The Morgan fingerprint density at radius 2 is 2.11 bits per heavy atom. The van der Waals surface area contributed by atoms with E-state index >= 15 is 0 Å². The molecule has 0 aliphatic heterocycles. The lowest BCUT2D eigenvalue weighted by molar-refractivity contribution is 0.0593. The van der Waals surface area contributed by atoms with Gasteiger partial charge in [0.05, 0.1) is 25.6 Å². The Morgan fingerprint density at radius 3 is 2.78 bits per heavy atom. The summed E-state index contributed by atoms with van der Waals surface area (Å²) in [7, 11) is 1.31. The molecule has 0 radical (unpaired) electrons. The molecule has 1 aliphatic carbocycles. The first kappa shape index (κ1) is 12.8. The van der Waals surface area contributed by atoms with E-state index < -0.39 is 5.97 Å². The van der Waals surface area contributed by atoms with Crippen LogP contribution >= 0.6 is 0 Å². The maximum atomic E-state index is 11.3. The normalized spacial score (nSPS) is 23.4. The van der Waals surface area contributed by atoms with E-state index in [2.05, 4.69) is 20.0 Å². The number of rotatable bonds is 3. The highest BCUT2D eigenvalue weighted by Crippen LogP contribution is 2.21. The van der Waals surface area contributed by atoms with Crippen molar-refractivity contribution in [3.05, 3.63) is 18.1 Å². The number of carbonyl (C=O) groups excluding carboxylic acids is 1. The summed E-state index contributed by atoms with van der Waals surface area (Å²) in [5.74, 6) is 0.0736. The highest BCUT2D eigenvalue weighted by Gasteiger charge is 2.19. The van der Waals surface area contributed by atoms with Crippen LogP contribution in [-0.2, 0) is 4.74 Å². The third-order valence-electron chi connectivity index (χ3n) is 3.08. The molecule has 0 amide bonds. The molecule has 0 saturated heterocycles. The molecule has 1 aromatic heterocycles. The minimum Gasteiger partial charge on any atom is -0.464 e. The van der Waals surface area contributed by atoms with Crippen LogP contribution in [0.15, 0.2) is 12.4 Å². The number of hydrogen-bond donors (Lipinski definition) is 2. The van der Waals surface area contributed by atoms with Gasteiger partial charge in [-0.25, -0.2) is 9.78 Å². The molecule has 1 heterocycles. The summed E-state index contributed by atoms with van der Waals surface area (Å²) in [5.41, 5.74) is 0.193. The van der Waals surface area contributed by atoms with E-state index in [9.17, 15) is 9.90 Å². The Hall–Kier alpha value is -1.69. The van der Waals surface area contributed by atoms with Crippen LogP contribution in [0.4, 0.5) is 5.82 Å². The van der Waals surface area contributed by atoms with Gasteiger partial charge < -0.3 is 15.2 Å². The van der Waals surface area contributed by atoms with Crippen molar-refractivity contribution in [1.29, 1.82) is 0 Å². The van der Waals surface area contributed by atoms with E-state index in [4.69, 9.17) is 0 Å². The molecule has 98 valence electrons. The number of nitrogens with one attached hydrogen (secondary N) is 1. The number of aliphatic hydroxyl groups excluding tert-OH is 1. The van der Waals surface area contributed by atoms with Crippen LogP contribution < -0.4 is 5.32 Å².